The van der Waals surface area contributed by atoms with E-state index in [0.29, 0.717) is 6.04 Å². The van der Waals surface area contributed by atoms with Crippen molar-refractivity contribution in [2.75, 3.05) is 13.6 Å². The molecule has 1 unspecified atom stereocenters. The zero-order valence-electron chi connectivity index (χ0n) is 9.39. The Morgan fingerprint density at radius 1 is 1.40 bits per heavy atom. The van der Waals surface area contributed by atoms with Gasteiger partial charge in [-0.1, -0.05) is 6.92 Å². The summed E-state index contributed by atoms with van der Waals surface area (Å²) >= 11 is 0. The highest BCUT2D eigenvalue weighted by Crippen LogP contribution is 2.27. The van der Waals surface area contributed by atoms with Crippen molar-refractivity contribution in [3.63, 3.8) is 0 Å². The van der Waals surface area contributed by atoms with Crippen LogP contribution in [0.25, 0.3) is 0 Å². The lowest BCUT2D eigenvalue weighted by Crippen LogP contribution is -3.15. The second-order valence-corrected chi connectivity index (χ2v) is 4.94. The third kappa shape index (κ3) is 1.42. The molecule has 3 amide bonds. The third-order valence-corrected chi connectivity index (χ3v) is 3.91. The smallest absolute Gasteiger partial charge is 0.322 e. The van der Waals surface area contributed by atoms with E-state index in [9.17, 15) is 9.59 Å². The Kier molecular flexibility index (Phi) is 2.22. The van der Waals surface area contributed by atoms with Gasteiger partial charge in [-0.05, 0) is 6.92 Å². The first-order valence-electron chi connectivity index (χ1n) is 5.41. The molecule has 0 radical (unpaired) electrons. The average Bonchev–Trinajstić information content (AvgIpc) is 2.40. The lowest BCUT2D eigenvalue weighted by molar-refractivity contribution is -0.914. The van der Waals surface area contributed by atoms with Gasteiger partial charge < -0.3 is 10.2 Å². The number of quaternary nitrogens is 1. The minimum atomic E-state index is -0.657. The van der Waals surface area contributed by atoms with E-state index in [1.54, 1.807) is 0 Å². The normalized spacial score (nSPS) is 45.4. The van der Waals surface area contributed by atoms with Crippen LogP contribution in [0.1, 0.15) is 20.3 Å². The van der Waals surface area contributed by atoms with Crippen LogP contribution in [-0.2, 0) is 4.79 Å². The molecule has 3 N–H and O–H groups in total. The quantitative estimate of drug-likeness (QED) is 0.428. The number of hydrogen-bond acceptors (Lipinski definition) is 2. The van der Waals surface area contributed by atoms with Crippen molar-refractivity contribution in [1.29, 1.82) is 0 Å². The van der Waals surface area contributed by atoms with Gasteiger partial charge in [-0.15, -0.1) is 0 Å². The summed E-state index contributed by atoms with van der Waals surface area (Å²) in [7, 11) is 2.13. The maximum Gasteiger partial charge on any atom is 0.322 e. The summed E-state index contributed by atoms with van der Waals surface area (Å²) in [5.41, 5.74) is -0.657. The van der Waals surface area contributed by atoms with Gasteiger partial charge >= 0.3 is 6.03 Å². The van der Waals surface area contributed by atoms with Crippen LogP contribution in [0.15, 0.2) is 0 Å². The number of carbonyl (C=O) groups is 2. The fourth-order valence-corrected chi connectivity index (χ4v) is 2.71. The van der Waals surface area contributed by atoms with Gasteiger partial charge in [-0.2, -0.15) is 0 Å². The fourth-order valence-electron chi connectivity index (χ4n) is 2.71. The van der Waals surface area contributed by atoms with E-state index in [0.717, 1.165) is 13.0 Å². The Morgan fingerprint density at radius 2 is 2.07 bits per heavy atom. The highest BCUT2D eigenvalue weighted by molar-refractivity contribution is 6.07. The summed E-state index contributed by atoms with van der Waals surface area (Å²) in [5.74, 6) is 0.0273. The molecule has 0 aliphatic carbocycles. The van der Waals surface area contributed by atoms with E-state index in [2.05, 4.69) is 24.6 Å². The molecule has 0 aromatic carbocycles. The molecule has 0 aromatic heterocycles. The van der Waals surface area contributed by atoms with Gasteiger partial charge in [0, 0.05) is 12.3 Å². The first kappa shape index (κ1) is 10.4. The second kappa shape index (κ2) is 3.20. The Hall–Kier alpha value is -1.10. The maximum atomic E-state index is 11.8. The van der Waals surface area contributed by atoms with Crippen molar-refractivity contribution in [2.24, 2.45) is 5.92 Å². The largest absolute Gasteiger partial charge is 0.335 e. The molecule has 0 bridgehead atoms. The Labute approximate surface area is 89.2 Å². The monoisotopic (exact) mass is 212 g/mol. The molecule has 2 fully saturated rings. The number of rotatable bonds is 0. The van der Waals surface area contributed by atoms with Crippen LogP contribution in [-0.4, -0.2) is 37.1 Å². The highest BCUT2D eigenvalue weighted by Gasteiger charge is 2.55. The predicted octanol–water partition coefficient (Wildman–Crippen LogP) is -1.49. The molecule has 5 heteroatoms. The second-order valence-electron chi connectivity index (χ2n) is 4.94. The van der Waals surface area contributed by atoms with E-state index in [1.807, 2.05) is 6.92 Å². The van der Waals surface area contributed by atoms with Crippen molar-refractivity contribution >= 4 is 11.9 Å². The van der Waals surface area contributed by atoms with Gasteiger partial charge in [0.25, 0.3) is 5.91 Å². The number of urea groups is 1. The molecule has 2 saturated heterocycles. The lowest BCUT2D eigenvalue weighted by Gasteiger charge is -2.42. The average molecular weight is 212 g/mol. The Balaban J connectivity index is 2.27. The molecule has 84 valence electrons. The molecule has 2 aliphatic rings. The molecule has 2 rings (SSSR count). The topological polar surface area (TPSA) is 62.6 Å². The molecular formula is C10H18N3O2+. The van der Waals surface area contributed by atoms with Crippen LogP contribution in [0.5, 0.6) is 0 Å². The van der Waals surface area contributed by atoms with Crippen molar-refractivity contribution in [3.8, 4) is 0 Å². The van der Waals surface area contributed by atoms with Crippen LogP contribution >= 0.6 is 0 Å². The first-order chi connectivity index (χ1) is 6.95. The van der Waals surface area contributed by atoms with E-state index < -0.39 is 5.54 Å². The summed E-state index contributed by atoms with van der Waals surface area (Å²) in [4.78, 5) is 24.4. The van der Waals surface area contributed by atoms with Gasteiger partial charge in [0.1, 0.15) is 5.54 Å². The van der Waals surface area contributed by atoms with Gasteiger partial charge in [0.2, 0.25) is 0 Å². The number of amides is 3. The number of hydrogen-bond donors (Lipinski definition) is 3. The zero-order valence-corrected chi connectivity index (χ0v) is 9.39. The summed E-state index contributed by atoms with van der Waals surface area (Å²) in [5, 5.41) is 5.15. The molecule has 4 atom stereocenters. The van der Waals surface area contributed by atoms with Crippen LogP contribution in [0, 0.1) is 5.92 Å². The molecule has 5 nitrogen and oxygen atoms in total. The van der Waals surface area contributed by atoms with Crippen LogP contribution in [0.4, 0.5) is 4.79 Å². The Morgan fingerprint density at radius 3 is 2.60 bits per heavy atom. The minimum absolute atomic E-state index is 0.153. The highest BCUT2D eigenvalue weighted by atomic mass is 16.2. The third-order valence-electron chi connectivity index (χ3n) is 3.91. The van der Waals surface area contributed by atoms with Crippen LogP contribution < -0.4 is 15.5 Å². The van der Waals surface area contributed by atoms with E-state index in [-0.39, 0.29) is 17.9 Å². The van der Waals surface area contributed by atoms with Crippen LogP contribution in [0.3, 0.4) is 0 Å². The molecule has 0 saturated carbocycles. The zero-order chi connectivity index (χ0) is 11.2. The minimum Gasteiger partial charge on any atom is -0.335 e. The number of likely N-dealkylation sites (tertiary alicyclic amines) is 1. The molecule has 2 aliphatic heterocycles. The fraction of sp³-hybridized carbons (Fsp3) is 0.800. The molecule has 2 heterocycles. The number of imide groups is 1. The first-order valence-corrected chi connectivity index (χ1v) is 5.41. The van der Waals surface area contributed by atoms with Crippen LogP contribution in [0.2, 0.25) is 0 Å². The van der Waals surface area contributed by atoms with Gasteiger partial charge in [0.15, 0.2) is 0 Å². The molecule has 1 spiro atoms. The summed E-state index contributed by atoms with van der Waals surface area (Å²) in [6.07, 6.45) is 0.720. The van der Waals surface area contributed by atoms with Gasteiger partial charge in [-0.3, -0.25) is 10.1 Å². The molecular weight excluding hydrogens is 194 g/mol. The molecule has 0 aromatic rings. The standard InChI is InChI=1S/C10H17N3O2/c1-6-5-13(3)7(2)4-10(6)8(14)11-9(15)12-10/h6-7H,4-5H2,1-3H3,(H2,11,12,14,15)/p+1/t6-,7+,10+/m1/s1. The summed E-state index contributed by atoms with van der Waals surface area (Å²) in [6, 6.07) is 0.0453. The number of carbonyl (C=O) groups excluding carboxylic acids is 2. The van der Waals surface area contributed by atoms with Crippen molar-refractivity contribution in [2.45, 2.75) is 31.8 Å². The van der Waals surface area contributed by atoms with Crippen molar-refractivity contribution in [1.82, 2.24) is 10.6 Å². The van der Waals surface area contributed by atoms with Crippen molar-refractivity contribution in [3.05, 3.63) is 0 Å². The molecule has 15 heavy (non-hydrogen) atoms. The van der Waals surface area contributed by atoms with E-state index >= 15 is 0 Å². The number of piperidine rings is 1. The Bertz CT molecular complexity index is 318. The van der Waals surface area contributed by atoms with E-state index in [1.165, 1.54) is 4.90 Å². The van der Waals surface area contributed by atoms with Gasteiger partial charge in [-0.25, -0.2) is 4.79 Å². The SMILES string of the molecule is C[C@@H]1C[NH+](C)[C@@H](C)C[C@]12NC(=O)NC2=O. The van der Waals surface area contributed by atoms with Crippen molar-refractivity contribution < 1.29 is 14.5 Å². The maximum absolute atomic E-state index is 11.8. The summed E-state index contributed by atoms with van der Waals surface area (Å²) in [6.45, 7) is 5.05. The van der Waals surface area contributed by atoms with Gasteiger partial charge in [0.05, 0.1) is 19.6 Å². The number of nitrogens with one attached hydrogen (secondary N) is 3. The predicted molar refractivity (Wildman–Crippen MR) is 54.4 cm³/mol. The summed E-state index contributed by atoms with van der Waals surface area (Å²) < 4.78 is 0. The lowest BCUT2D eigenvalue weighted by atomic mass is 9.76. The van der Waals surface area contributed by atoms with E-state index in [4.69, 9.17) is 0 Å².